The van der Waals surface area contributed by atoms with Crippen LogP contribution in [0.3, 0.4) is 0 Å². The van der Waals surface area contributed by atoms with E-state index in [4.69, 9.17) is 5.10 Å². The van der Waals surface area contributed by atoms with Crippen LogP contribution in [0, 0.1) is 0 Å². The normalized spacial score (nSPS) is 11.9. The van der Waals surface area contributed by atoms with Crippen LogP contribution in [0.4, 0.5) is 5.95 Å². The summed E-state index contributed by atoms with van der Waals surface area (Å²) < 4.78 is 9.49. The van der Waals surface area contributed by atoms with E-state index in [1.807, 2.05) is 28.6 Å². The average molecular weight is 595 g/mol. The van der Waals surface area contributed by atoms with E-state index in [0.717, 1.165) is 29.1 Å². The Morgan fingerprint density at radius 2 is 1.61 bits per heavy atom. The molecule has 1 N–H and O–H groups in total. The van der Waals surface area contributed by atoms with Crippen LogP contribution < -0.4 is 9.03 Å². The zero-order valence-electron chi connectivity index (χ0n) is 22.2. The van der Waals surface area contributed by atoms with Gasteiger partial charge in [-0.2, -0.15) is 0 Å². The minimum atomic E-state index is -2.63. The summed E-state index contributed by atoms with van der Waals surface area (Å²) in [4.78, 5) is 13.6. The summed E-state index contributed by atoms with van der Waals surface area (Å²) >= 11 is -2.63. The van der Waals surface area contributed by atoms with E-state index < -0.39 is 18.4 Å². The number of fused-ring (bicyclic) bond motifs is 1. The first-order valence-corrected chi connectivity index (χ1v) is 21.1. The van der Waals surface area contributed by atoms with Gasteiger partial charge in [-0.3, -0.25) is 0 Å². The first-order valence-electron chi connectivity index (χ1n) is 13.6. The fourth-order valence-electron chi connectivity index (χ4n) is 4.99. The summed E-state index contributed by atoms with van der Waals surface area (Å²) in [6, 6.07) is 8.18. The molecule has 8 nitrogen and oxygen atoms in total. The summed E-state index contributed by atoms with van der Waals surface area (Å²) in [5, 5.41) is 12.7. The third-order valence-corrected chi connectivity index (χ3v) is 22.1. The Kier molecular flexibility index (Phi) is 9.34. The molecule has 36 heavy (non-hydrogen) atoms. The molecular formula is C27H40N8Sn. The van der Waals surface area contributed by atoms with E-state index in [1.54, 1.807) is 6.20 Å². The molecule has 0 saturated carbocycles. The van der Waals surface area contributed by atoms with Crippen LogP contribution in [-0.2, 0) is 0 Å². The number of hydrogen-bond acceptors (Lipinski definition) is 6. The monoisotopic (exact) mass is 596 g/mol. The molecule has 3 heterocycles. The molecule has 0 aliphatic rings. The number of rotatable bonds is 14. The van der Waals surface area contributed by atoms with E-state index in [9.17, 15) is 0 Å². The third kappa shape index (κ3) is 5.90. The number of imidazole rings is 1. The van der Waals surface area contributed by atoms with E-state index in [0.29, 0.717) is 5.95 Å². The van der Waals surface area contributed by atoms with Crippen molar-refractivity contribution in [3.05, 3.63) is 43.0 Å². The standard InChI is InChI=1S/C15H13N8.3C4H9.Sn/c1-2-16-15-17-6-5-14(20-15)22-10-18-12-4-3-11(9-13(12)22)23-8-7-19-21-23;3*1-3-4-2;/h3-6,8-10H,2H2,1H3,(H,16,17,20);3*1,3-4H2,2H3;. The molecule has 0 fully saturated rings. The summed E-state index contributed by atoms with van der Waals surface area (Å²) in [7, 11) is 0. The van der Waals surface area contributed by atoms with E-state index >= 15 is 0 Å². The molecule has 0 bridgehead atoms. The molecule has 0 unspecified atom stereocenters. The fraction of sp³-hybridized carbons (Fsp3) is 0.519. The van der Waals surface area contributed by atoms with Crippen LogP contribution in [0.15, 0.2) is 43.0 Å². The maximum absolute atomic E-state index is 4.86. The van der Waals surface area contributed by atoms with Gasteiger partial charge in [0.15, 0.2) is 0 Å². The van der Waals surface area contributed by atoms with Crippen molar-refractivity contribution in [3.63, 3.8) is 0 Å². The van der Waals surface area contributed by atoms with Gasteiger partial charge in [-0.15, -0.1) is 0 Å². The molecule has 4 aromatic rings. The summed E-state index contributed by atoms with van der Waals surface area (Å²) in [5.41, 5.74) is 2.92. The first-order chi connectivity index (χ1) is 17.6. The third-order valence-electron chi connectivity index (χ3n) is 7.08. The van der Waals surface area contributed by atoms with Crippen molar-refractivity contribution in [1.29, 1.82) is 0 Å². The van der Waals surface area contributed by atoms with Crippen molar-refractivity contribution in [2.24, 2.45) is 0 Å². The quantitative estimate of drug-likeness (QED) is 0.183. The van der Waals surface area contributed by atoms with Gasteiger partial charge < -0.3 is 0 Å². The van der Waals surface area contributed by atoms with Crippen molar-refractivity contribution >= 4 is 39.1 Å². The Balaban J connectivity index is 1.70. The van der Waals surface area contributed by atoms with Crippen LogP contribution in [0.25, 0.3) is 22.5 Å². The van der Waals surface area contributed by atoms with Crippen LogP contribution in [-0.4, -0.2) is 59.4 Å². The number of aromatic nitrogens is 7. The van der Waals surface area contributed by atoms with Gasteiger partial charge >= 0.3 is 213 Å². The van der Waals surface area contributed by atoms with Gasteiger partial charge in [0.05, 0.1) is 0 Å². The SMILES string of the molecule is CCC[CH2][Sn]([CH2]CCC)([CH2]CCC)[c]1cn(-c2ccc3ncn(-c4ccnc(NCC)n4)c3c2)nn1. The number of nitrogens with zero attached hydrogens (tertiary/aromatic N) is 7. The Bertz CT molecular complexity index is 1230. The molecule has 9 heteroatoms. The molecule has 0 radical (unpaired) electrons. The van der Waals surface area contributed by atoms with Crippen molar-refractivity contribution < 1.29 is 0 Å². The molecular weight excluding hydrogens is 555 g/mol. The van der Waals surface area contributed by atoms with Gasteiger partial charge in [-0.05, 0) is 6.92 Å². The van der Waals surface area contributed by atoms with Crippen molar-refractivity contribution in [1.82, 2.24) is 34.5 Å². The second kappa shape index (κ2) is 12.7. The number of unbranched alkanes of at least 4 members (excludes halogenated alkanes) is 3. The van der Waals surface area contributed by atoms with Gasteiger partial charge in [0, 0.05) is 0 Å². The zero-order valence-corrected chi connectivity index (χ0v) is 25.1. The molecule has 1 aromatic carbocycles. The zero-order chi connectivity index (χ0) is 25.4. The number of benzene rings is 1. The van der Waals surface area contributed by atoms with Crippen LogP contribution in [0.1, 0.15) is 66.2 Å². The molecule has 3 aromatic heterocycles. The Morgan fingerprint density at radius 3 is 2.28 bits per heavy atom. The second-order valence-electron chi connectivity index (χ2n) is 9.70. The number of nitrogens with one attached hydrogen (secondary N) is 1. The first kappa shape index (κ1) is 26.6. The summed E-state index contributed by atoms with van der Waals surface area (Å²) in [5.74, 6) is 1.40. The predicted molar refractivity (Wildman–Crippen MR) is 150 cm³/mol. The Hall–Kier alpha value is -2.49. The summed E-state index contributed by atoms with van der Waals surface area (Å²) in [6.07, 6.45) is 13.6. The average Bonchev–Trinajstić information content (AvgIpc) is 3.57. The van der Waals surface area contributed by atoms with E-state index in [-0.39, 0.29) is 0 Å². The molecule has 0 aliphatic carbocycles. The Labute approximate surface area is 218 Å². The van der Waals surface area contributed by atoms with Crippen molar-refractivity contribution in [2.75, 3.05) is 11.9 Å². The van der Waals surface area contributed by atoms with Crippen LogP contribution in [0.5, 0.6) is 0 Å². The van der Waals surface area contributed by atoms with Crippen LogP contribution >= 0.6 is 0 Å². The van der Waals surface area contributed by atoms with Gasteiger partial charge in [0.25, 0.3) is 0 Å². The molecule has 0 spiro atoms. The van der Waals surface area contributed by atoms with Crippen molar-refractivity contribution in [3.8, 4) is 11.5 Å². The van der Waals surface area contributed by atoms with E-state index in [2.05, 4.69) is 70.6 Å². The summed E-state index contributed by atoms with van der Waals surface area (Å²) in [6.45, 7) is 9.74. The molecule has 0 aliphatic heterocycles. The second-order valence-corrected chi connectivity index (χ2v) is 22.7. The number of anilines is 1. The maximum atomic E-state index is 4.86. The Morgan fingerprint density at radius 1 is 0.889 bits per heavy atom. The molecule has 0 amide bonds. The molecule has 0 saturated heterocycles. The van der Waals surface area contributed by atoms with Gasteiger partial charge in [-0.25, -0.2) is 0 Å². The van der Waals surface area contributed by atoms with Gasteiger partial charge in [-0.1, -0.05) is 0 Å². The van der Waals surface area contributed by atoms with Crippen LogP contribution in [0.2, 0.25) is 13.3 Å². The molecule has 4 rings (SSSR count). The van der Waals surface area contributed by atoms with Gasteiger partial charge in [0.2, 0.25) is 0 Å². The molecule has 192 valence electrons. The molecule has 0 atom stereocenters. The minimum absolute atomic E-state index is 0.615. The predicted octanol–water partition coefficient (Wildman–Crippen LogP) is 5.88. The number of hydrogen-bond donors (Lipinski definition) is 1. The fourth-order valence-corrected chi connectivity index (χ4v) is 20.0. The van der Waals surface area contributed by atoms with E-state index in [1.165, 1.54) is 55.5 Å². The van der Waals surface area contributed by atoms with Gasteiger partial charge in [0.1, 0.15) is 0 Å². The van der Waals surface area contributed by atoms with Crippen molar-refractivity contribution in [2.45, 2.75) is 79.5 Å². The topological polar surface area (TPSA) is 86.3 Å².